The average molecular weight is 651 g/mol. The lowest BCUT2D eigenvalue weighted by atomic mass is 10.2. The number of nitrogens with one attached hydrogen (secondary N) is 3. The Labute approximate surface area is 271 Å². The van der Waals surface area contributed by atoms with Gasteiger partial charge in [-0.05, 0) is 102 Å². The lowest BCUT2D eigenvalue weighted by molar-refractivity contribution is 0.0352. The number of guanidine groups is 1. The molecule has 0 aliphatic heterocycles. The monoisotopic (exact) mass is 650 g/mol. The third kappa shape index (κ3) is 17.8. The Kier molecular flexibility index (Phi) is 14.0. The molecule has 0 atom stereocenters. The molecule has 1 rings (SSSR count). The molecule has 0 bridgehead atoms. The quantitative estimate of drug-likeness (QED) is 0.134. The number of ether oxygens (including phenoxy) is 5. The third-order valence-corrected chi connectivity index (χ3v) is 4.75. The molecule has 0 aliphatic rings. The summed E-state index contributed by atoms with van der Waals surface area (Å²) in [6.07, 6.45) is -1.43. The van der Waals surface area contributed by atoms with Crippen LogP contribution in [0.5, 0.6) is 5.88 Å². The van der Waals surface area contributed by atoms with Crippen LogP contribution in [-0.4, -0.2) is 81.6 Å². The van der Waals surface area contributed by atoms with Crippen molar-refractivity contribution in [2.24, 2.45) is 4.99 Å². The summed E-state index contributed by atoms with van der Waals surface area (Å²) in [6.45, 7) is 20.3. The largest absolute Gasteiger partial charge is 0.478 e. The lowest BCUT2D eigenvalue weighted by Crippen LogP contribution is -2.50. The van der Waals surface area contributed by atoms with Gasteiger partial charge < -0.3 is 23.7 Å². The van der Waals surface area contributed by atoms with E-state index in [0.717, 1.165) is 4.90 Å². The van der Waals surface area contributed by atoms with E-state index in [1.807, 2.05) is 0 Å². The van der Waals surface area contributed by atoms with Gasteiger partial charge >= 0.3 is 24.4 Å². The van der Waals surface area contributed by atoms with Crippen LogP contribution in [0.1, 0.15) is 101 Å². The molecule has 0 unspecified atom stereocenters. The number of aromatic nitrogens is 1. The fourth-order valence-corrected chi connectivity index (χ4v) is 3.16. The van der Waals surface area contributed by atoms with Gasteiger partial charge in [0.15, 0.2) is 0 Å². The molecule has 0 spiro atoms. The van der Waals surface area contributed by atoms with Crippen molar-refractivity contribution in [1.29, 1.82) is 5.41 Å². The molecule has 0 radical (unpaired) electrons. The second-order valence-electron chi connectivity index (χ2n) is 14.1. The number of nitrogens with zero attached hydrogens (tertiary/aromatic N) is 3. The van der Waals surface area contributed by atoms with E-state index in [2.05, 4.69) is 20.6 Å². The first-order valence-electron chi connectivity index (χ1n) is 14.8. The zero-order chi connectivity index (χ0) is 35.5. The van der Waals surface area contributed by atoms with E-state index in [1.165, 1.54) is 6.20 Å². The van der Waals surface area contributed by atoms with Crippen LogP contribution in [0.25, 0.3) is 0 Å². The maximum atomic E-state index is 13.2. The van der Waals surface area contributed by atoms with Crippen molar-refractivity contribution >= 4 is 36.2 Å². The van der Waals surface area contributed by atoms with Crippen LogP contribution < -0.4 is 15.4 Å². The molecule has 258 valence electrons. The number of alkyl carbamates (subject to hydrolysis) is 2. The number of carbonyl (C=O) groups excluding carboxylic acids is 4. The highest BCUT2D eigenvalue weighted by Gasteiger charge is 2.30. The predicted octanol–water partition coefficient (Wildman–Crippen LogP) is 6.14. The number of carbonyl (C=O) groups is 4. The van der Waals surface area contributed by atoms with Crippen molar-refractivity contribution in [2.75, 3.05) is 13.2 Å². The zero-order valence-corrected chi connectivity index (χ0v) is 29.1. The standard InChI is InChI=1S/C31H50N6O9/c1-28(2,3)43-24(38)34-22(32)20-15-16-21(33-19-20)42-18-14-13-17-37(27(41)46-31(10,11)12)23(35-25(39)44-29(4,5)6)36-26(40)45-30(7,8)9/h15-16,19H,13-14,17-18H2,1-12H3,(H2,32,34,38)(H,35,36,39,40). The van der Waals surface area contributed by atoms with E-state index in [9.17, 15) is 19.2 Å². The molecule has 0 fully saturated rings. The molecule has 0 saturated heterocycles. The summed E-state index contributed by atoms with van der Waals surface area (Å²) >= 11 is 0. The molecule has 3 N–H and O–H groups in total. The number of amides is 4. The van der Waals surface area contributed by atoms with Gasteiger partial charge in [0.05, 0.1) is 6.61 Å². The molecular formula is C31H50N6O9. The minimum atomic E-state index is -1.03. The van der Waals surface area contributed by atoms with Crippen LogP contribution in [-0.2, 0) is 18.9 Å². The second kappa shape index (κ2) is 16.2. The molecule has 15 heteroatoms. The number of rotatable bonds is 7. The van der Waals surface area contributed by atoms with Crippen LogP contribution in [0.2, 0.25) is 0 Å². The normalized spacial score (nSPS) is 12.4. The van der Waals surface area contributed by atoms with Crippen LogP contribution >= 0.6 is 0 Å². The Bertz CT molecular complexity index is 1250. The fraction of sp³-hybridized carbons (Fsp3) is 0.645. The first kappa shape index (κ1) is 39.6. The SMILES string of the molecule is CC(C)(C)OC(=O)N=C(NC(=O)OC(C)(C)C)N(CCCCOc1ccc(C(=N)NC(=O)OC(C)(C)C)cn1)C(=O)OC(C)(C)C. The van der Waals surface area contributed by atoms with Crippen molar-refractivity contribution < 1.29 is 42.9 Å². The number of amidine groups is 1. The Morgan fingerprint density at radius 2 is 1.28 bits per heavy atom. The Morgan fingerprint density at radius 3 is 1.76 bits per heavy atom. The highest BCUT2D eigenvalue weighted by atomic mass is 16.6. The van der Waals surface area contributed by atoms with E-state index in [-0.39, 0.29) is 24.9 Å². The molecule has 1 aromatic heterocycles. The summed E-state index contributed by atoms with van der Waals surface area (Å²) in [6, 6.07) is 3.11. The van der Waals surface area contributed by atoms with Gasteiger partial charge in [0.2, 0.25) is 11.8 Å². The summed E-state index contributed by atoms with van der Waals surface area (Å²) in [5.74, 6) is -0.325. The predicted molar refractivity (Wildman–Crippen MR) is 171 cm³/mol. The Morgan fingerprint density at radius 1 is 0.761 bits per heavy atom. The number of unbranched alkanes of at least 4 members (excludes halogenated alkanes) is 1. The number of pyridine rings is 1. The zero-order valence-electron chi connectivity index (χ0n) is 29.1. The third-order valence-electron chi connectivity index (χ3n) is 4.75. The molecule has 0 aliphatic carbocycles. The first-order valence-corrected chi connectivity index (χ1v) is 14.8. The average Bonchev–Trinajstić information content (AvgIpc) is 2.81. The van der Waals surface area contributed by atoms with Gasteiger partial charge in [-0.1, -0.05) is 0 Å². The van der Waals surface area contributed by atoms with E-state index < -0.39 is 52.7 Å². The van der Waals surface area contributed by atoms with E-state index in [1.54, 1.807) is 95.2 Å². The maximum absolute atomic E-state index is 13.2. The van der Waals surface area contributed by atoms with Gasteiger partial charge in [-0.3, -0.25) is 16.0 Å². The molecule has 46 heavy (non-hydrogen) atoms. The van der Waals surface area contributed by atoms with Crippen molar-refractivity contribution in [2.45, 2.75) is 118 Å². The van der Waals surface area contributed by atoms with Crippen LogP contribution in [0.4, 0.5) is 19.2 Å². The summed E-state index contributed by atoms with van der Waals surface area (Å²) in [7, 11) is 0. The summed E-state index contributed by atoms with van der Waals surface area (Å²) in [5.41, 5.74) is -2.99. The topological polar surface area (TPSA) is 191 Å². The van der Waals surface area contributed by atoms with Gasteiger partial charge in [0.25, 0.3) is 0 Å². The van der Waals surface area contributed by atoms with Gasteiger partial charge in [0.1, 0.15) is 28.2 Å². The van der Waals surface area contributed by atoms with E-state index in [0.29, 0.717) is 18.4 Å². The highest BCUT2D eigenvalue weighted by molar-refractivity contribution is 6.05. The molecule has 0 saturated carbocycles. The van der Waals surface area contributed by atoms with E-state index in [4.69, 9.17) is 29.1 Å². The van der Waals surface area contributed by atoms with Crippen LogP contribution in [0, 0.1) is 5.41 Å². The number of hydrogen-bond acceptors (Lipinski definition) is 11. The molecule has 15 nitrogen and oxygen atoms in total. The van der Waals surface area contributed by atoms with Crippen molar-refractivity contribution in [1.82, 2.24) is 20.5 Å². The van der Waals surface area contributed by atoms with Gasteiger partial charge in [-0.15, -0.1) is 4.99 Å². The molecule has 1 aromatic rings. The van der Waals surface area contributed by atoms with Crippen LogP contribution in [0.15, 0.2) is 23.3 Å². The smallest absolute Gasteiger partial charge is 0.437 e. The van der Waals surface area contributed by atoms with Gasteiger partial charge in [-0.25, -0.2) is 29.1 Å². The molecule has 0 aromatic carbocycles. The highest BCUT2D eigenvalue weighted by Crippen LogP contribution is 2.15. The van der Waals surface area contributed by atoms with Crippen molar-refractivity contribution in [3.63, 3.8) is 0 Å². The molecule has 1 heterocycles. The minimum Gasteiger partial charge on any atom is -0.478 e. The fourth-order valence-electron chi connectivity index (χ4n) is 3.16. The lowest BCUT2D eigenvalue weighted by Gasteiger charge is -2.29. The summed E-state index contributed by atoms with van der Waals surface area (Å²) in [5, 5.41) is 12.8. The Balaban J connectivity index is 2.99. The van der Waals surface area contributed by atoms with Gasteiger partial charge in [0, 0.05) is 24.4 Å². The summed E-state index contributed by atoms with van der Waals surface area (Å²) in [4.78, 5) is 59.4. The molecular weight excluding hydrogens is 600 g/mol. The van der Waals surface area contributed by atoms with Crippen LogP contribution in [0.3, 0.4) is 0 Å². The van der Waals surface area contributed by atoms with E-state index >= 15 is 0 Å². The second-order valence-corrected chi connectivity index (χ2v) is 14.1. The number of hydrogen-bond donors (Lipinski definition) is 3. The number of aliphatic imine (C=N–C) groups is 1. The maximum Gasteiger partial charge on any atom is 0.437 e. The first-order chi connectivity index (χ1) is 20.8. The summed E-state index contributed by atoms with van der Waals surface area (Å²) < 4.78 is 26.9. The Hall–Kier alpha value is -4.43. The minimum absolute atomic E-state index is 0.0183. The van der Waals surface area contributed by atoms with Gasteiger partial charge in [-0.2, -0.15) is 0 Å². The molecule has 4 amide bonds. The van der Waals surface area contributed by atoms with Crippen molar-refractivity contribution in [3.8, 4) is 5.88 Å². The van der Waals surface area contributed by atoms with Crippen molar-refractivity contribution in [3.05, 3.63) is 23.9 Å².